The van der Waals surface area contributed by atoms with E-state index in [0.29, 0.717) is 32.3 Å². The van der Waals surface area contributed by atoms with Gasteiger partial charge in [0.05, 0.1) is 37.5 Å². The maximum atomic E-state index is 13.1. The van der Waals surface area contributed by atoms with Crippen molar-refractivity contribution in [3.05, 3.63) is 0 Å². The molecule has 0 aromatic carbocycles. The van der Waals surface area contributed by atoms with Crippen LogP contribution in [0.3, 0.4) is 0 Å². The predicted molar refractivity (Wildman–Crippen MR) is 112 cm³/mol. The van der Waals surface area contributed by atoms with Crippen LogP contribution >= 0.6 is 0 Å². The summed E-state index contributed by atoms with van der Waals surface area (Å²) in [6.07, 6.45) is 8.11. The van der Waals surface area contributed by atoms with Crippen LogP contribution in [0.5, 0.6) is 0 Å². The van der Waals surface area contributed by atoms with E-state index in [9.17, 15) is 13.2 Å². The first-order chi connectivity index (χ1) is 13.7. The lowest BCUT2D eigenvalue weighted by molar-refractivity contribution is -0.143. The lowest BCUT2D eigenvalue weighted by atomic mass is 9.80. The first-order valence-corrected chi connectivity index (χ1v) is 13.1. The van der Waals surface area contributed by atoms with Gasteiger partial charge in [0.25, 0.3) is 0 Å². The van der Waals surface area contributed by atoms with Gasteiger partial charge >= 0.3 is 0 Å². The molecule has 3 aliphatic rings. The molecule has 3 unspecified atom stereocenters. The monoisotopic (exact) mass is 430 g/mol. The summed E-state index contributed by atoms with van der Waals surface area (Å²) >= 11 is 0. The van der Waals surface area contributed by atoms with Gasteiger partial charge in [0.15, 0.2) is 0 Å². The van der Waals surface area contributed by atoms with Crippen molar-refractivity contribution in [1.82, 2.24) is 9.62 Å². The number of amides is 1. The Hall–Kier alpha value is -0.700. The number of nitrogens with one attached hydrogen (secondary N) is 1. The van der Waals surface area contributed by atoms with E-state index in [2.05, 4.69) is 18.6 Å². The third-order valence-electron chi connectivity index (χ3n) is 6.87. The van der Waals surface area contributed by atoms with Crippen LogP contribution < -0.4 is 4.72 Å². The summed E-state index contributed by atoms with van der Waals surface area (Å²) in [5.74, 6) is 1.44. The number of carbonyl (C=O) groups is 1. The fraction of sp³-hybridized carbons (Fsp3) is 0.952. The Balaban J connectivity index is 1.65. The molecule has 7 nitrogen and oxygen atoms in total. The van der Waals surface area contributed by atoms with Gasteiger partial charge in [-0.1, -0.05) is 13.8 Å². The Morgan fingerprint density at radius 2 is 1.90 bits per heavy atom. The van der Waals surface area contributed by atoms with Crippen molar-refractivity contribution in [1.29, 1.82) is 0 Å². The zero-order valence-electron chi connectivity index (χ0n) is 18.1. The van der Waals surface area contributed by atoms with E-state index >= 15 is 0 Å². The number of rotatable bonds is 7. The van der Waals surface area contributed by atoms with Gasteiger partial charge in [0.1, 0.15) is 0 Å². The minimum absolute atomic E-state index is 0.0830. The molecule has 3 rings (SSSR count). The Kier molecular flexibility index (Phi) is 7.98. The molecule has 0 radical (unpaired) electrons. The molecule has 3 atom stereocenters. The average Bonchev–Trinajstić information content (AvgIpc) is 3.20. The molecule has 0 aromatic heterocycles. The molecule has 168 valence electrons. The smallest absolute Gasteiger partial charge is 0.228 e. The van der Waals surface area contributed by atoms with Gasteiger partial charge in [-0.25, -0.2) is 13.1 Å². The summed E-state index contributed by atoms with van der Waals surface area (Å²) in [7, 11) is -3.35. The van der Waals surface area contributed by atoms with Crippen LogP contribution in [0.4, 0.5) is 0 Å². The maximum absolute atomic E-state index is 13.1. The van der Waals surface area contributed by atoms with E-state index in [1.54, 1.807) is 0 Å². The molecular weight excluding hydrogens is 392 g/mol. The highest BCUT2D eigenvalue weighted by Crippen LogP contribution is 2.32. The Morgan fingerprint density at radius 1 is 1.17 bits per heavy atom. The second-order valence-corrected chi connectivity index (χ2v) is 11.2. The summed E-state index contributed by atoms with van der Waals surface area (Å²) < 4.78 is 38.3. The number of sulfonamides is 1. The van der Waals surface area contributed by atoms with E-state index in [1.165, 1.54) is 19.1 Å². The lowest BCUT2D eigenvalue weighted by Crippen LogP contribution is -2.60. The molecule has 0 spiro atoms. The quantitative estimate of drug-likeness (QED) is 0.669. The number of likely N-dealkylation sites (tertiary alicyclic amines) is 1. The fourth-order valence-corrected chi connectivity index (χ4v) is 5.89. The standard InChI is InChI=1S/C21H38N2O5S/c1-15(2)16-6-8-18(9-7-16)28-14-20-19(22-29(3,25)26)5-4-11-23(20)21(24)17-10-12-27-13-17/h15-20,22H,4-14H2,1-3H3/t16-,17?,18+,19?,20?. The van der Waals surface area contributed by atoms with Crippen LogP contribution in [-0.2, 0) is 24.3 Å². The third kappa shape index (κ3) is 6.39. The molecule has 29 heavy (non-hydrogen) atoms. The van der Waals surface area contributed by atoms with Crippen LogP contribution in [0.1, 0.15) is 58.8 Å². The first-order valence-electron chi connectivity index (χ1n) is 11.2. The second kappa shape index (κ2) is 10.1. The van der Waals surface area contributed by atoms with Crippen LogP contribution in [0.15, 0.2) is 0 Å². The molecular formula is C21H38N2O5S. The van der Waals surface area contributed by atoms with Gasteiger partial charge in [-0.3, -0.25) is 4.79 Å². The summed E-state index contributed by atoms with van der Waals surface area (Å²) in [6, 6.07) is -0.550. The minimum atomic E-state index is -3.35. The summed E-state index contributed by atoms with van der Waals surface area (Å²) in [6.45, 7) is 6.70. The molecule has 0 bridgehead atoms. The van der Waals surface area contributed by atoms with Crippen molar-refractivity contribution in [3.8, 4) is 0 Å². The Morgan fingerprint density at radius 3 is 2.48 bits per heavy atom. The average molecular weight is 431 g/mol. The highest BCUT2D eigenvalue weighted by molar-refractivity contribution is 7.88. The lowest BCUT2D eigenvalue weighted by Gasteiger charge is -2.43. The largest absolute Gasteiger partial charge is 0.381 e. The molecule has 1 amide bonds. The number of ether oxygens (including phenoxy) is 2. The van der Waals surface area contributed by atoms with Gasteiger partial charge in [0, 0.05) is 19.2 Å². The van der Waals surface area contributed by atoms with Crippen LogP contribution in [0.2, 0.25) is 0 Å². The predicted octanol–water partition coefficient (Wildman–Crippen LogP) is 2.16. The molecule has 2 aliphatic heterocycles. The molecule has 2 heterocycles. The fourth-order valence-electron chi connectivity index (χ4n) is 5.07. The topological polar surface area (TPSA) is 84.9 Å². The SMILES string of the molecule is CC(C)[C@H]1CC[C@@H](OCC2C(NS(C)(=O)=O)CCCN2C(=O)C2CCOC2)CC1. The summed E-state index contributed by atoms with van der Waals surface area (Å²) in [5, 5.41) is 0. The van der Waals surface area contributed by atoms with Crippen molar-refractivity contribution >= 4 is 15.9 Å². The van der Waals surface area contributed by atoms with E-state index < -0.39 is 10.0 Å². The number of hydrogen-bond donors (Lipinski definition) is 1. The zero-order chi connectivity index (χ0) is 21.0. The van der Waals surface area contributed by atoms with E-state index in [-0.39, 0.29) is 30.0 Å². The highest BCUT2D eigenvalue weighted by atomic mass is 32.2. The number of piperidine rings is 1. The number of hydrogen-bond acceptors (Lipinski definition) is 5. The van der Waals surface area contributed by atoms with Crippen molar-refractivity contribution in [2.24, 2.45) is 17.8 Å². The van der Waals surface area contributed by atoms with Gasteiger partial charge in [0.2, 0.25) is 15.9 Å². The van der Waals surface area contributed by atoms with Crippen LogP contribution in [0, 0.1) is 17.8 Å². The number of carbonyl (C=O) groups excluding carboxylic acids is 1. The Bertz CT molecular complexity index is 639. The van der Waals surface area contributed by atoms with Gasteiger partial charge in [-0.2, -0.15) is 0 Å². The molecule has 1 aliphatic carbocycles. The molecule has 2 saturated heterocycles. The molecule has 1 saturated carbocycles. The van der Waals surface area contributed by atoms with Gasteiger partial charge in [-0.05, 0) is 56.8 Å². The molecule has 8 heteroatoms. The van der Waals surface area contributed by atoms with Crippen LogP contribution in [-0.4, -0.2) is 70.0 Å². The van der Waals surface area contributed by atoms with Crippen molar-refractivity contribution < 1.29 is 22.7 Å². The zero-order valence-corrected chi connectivity index (χ0v) is 19.0. The second-order valence-electron chi connectivity index (χ2n) is 9.41. The van der Waals surface area contributed by atoms with E-state index in [0.717, 1.165) is 38.0 Å². The highest BCUT2D eigenvalue weighted by Gasteiger charge is 2.39. The number of nitrogens with zero attached hydrogens (tertiary/aromatic N) is 1. The summed E-state index contributed by atoms with van der Waals surface area (Å²) in [5.41, 5.74) is 0. The normalized spacial score (nSPS) is 33.9. The molecule has 1 N–H and O–H groups in total. The van der Waals surface area contributed by atoms with Crippen molar-refractivity contribution in [2.75, 3.05) is 32.6 Å². The molecule has 0 aromatic rings. The van der Waals surface area contributed by atoms with Crippen molar-refractivity contribution in [3.63, 3.8) is 0 Å². The third-order valence-corrected chi connectivity index (χ3v) is 7.60. The maximum Gasteiger partial charge on any atom is 0.228 e. The van der Waals surface area contributed by atoms with Gasteiger partial charge < -0.3 is 14.4 Å². The Labute approximate surface area is 175 Å². The van der Waals surface area contributed by atoms with Crippen LogP contribution in [0.25, 0.3) is 0 Å². The van der Waals surface area contributed by atoms with E-state index in [4.69, 9.17) is 9.47 Å². The van der Waals surface area contributed by atoms with E-state index in [1.807, 2.05) is 4.90 Å². The first kappa shape index (κ1) is 23.0. The van der Waals surface area contributed by atoms with Gasteiger partial charge in [-0.15, -0.1) is 0 Å². The summed E-state index contributed by atoms with van der Waals surface area (Å²) in [4.78, 5) is 15.0. The molecule has 3 fully saturated rings. The minimum Gasteiger partial charge on any atom is -0.381 e. The van der Waals surface area contributed by atoms with Crippen molar-refractivity contribution in [2.45, 2.75) is 77.0 Å².